The molecule has 0 spiro atoms. The van der Waals surface area contributed by atoms with E-state index in [9.17, 15) is 14.4 Å². The maximum Gasteiger partial charge on any atom is 0.294 e. The molecule has 4 aromatic rings. The fourth-order valence-corrected chi connectivity index (χ4v) is 4.38. The quantitative estimate of drug-likeness (QED) is 0.140. The van der Waals surface area contributed by atoms with Gasteiger partial charge in [-0.25, -0.2) is 4.98 Å². The number of nitrogens with zero attached hydrogens (tertiary/aromatic N) is 4. The summed E-state index contributed by atoms with van der Waals surface area (Å²) in [4.78, 5) is 47.7. The van der Waals surface area contributed by atoms with E-state index in [1.807, 2.05) is 27.7 Å². The molecule has 0 aliphatic rings. The van der Waals surface area contributed by atoms with E-state index in [0.717, 1.165) is 5.56 Å². The van der Waals surface area contributed by atoms with Gasteiger partial charge in [-0.05, 0) is 51.5 Å². The molecule has 0 saturated carbocycles. The lowest BCUT2D eigenvalue weighted by Gasteiger charge is -2.17. The SMILES string of the molecule is CC(C)NC(=O)c1cc(N)cc(-c2cnc(NC(C)C)c(=O)n2CC(=O)NCc2ccc(-c3noc(C(Cl)(Cl)Cl)n3)cc2)c1. The van der Waals surface area contributed by atoms with Crippen LogP contribution in [0.1, 0.15) is 49.5 Å². The van der Waals surface area contributed by atoms with Crippen molar-refractivity contribution in [2.45, 2.75) is 56.7 Å². The first kappa shape index (κ1) is 32.8. The van der Waals surface area contributed by atoms with Gasteiger partial charge in [0.15, 0.2) is 5.82 Å². The molecule has 44 heavy (non-hydrogen) atoms. The summed E-state index contributed by atoms with van der Waals surface area (Å²) in [7, 11) is 0. The molecule has 4 rings (SSSR count). The molecule has 12 nitrogen and oxygen atoms in total. The first-order valence-corrected chi connectivity index (χ1v) is 14.7. The summed E-state index contributed by atoms with van der Waals surface area (Å²) in [6.45, 7) is 7.29. The number of hydrogen-bond acceptors (Lipinski definition) is 9. The van der Waals surface area contributed by atoms with E-state index >= 15 is 0 Å². The van der Waals surface area contributed by atoms with Gasteiger partial charge in [0.2, 0.25) is 11.7 Å². The fraction of sp³-hybridized carbons (Fsp3) is 0.310. The summed E-state index contributed by atoms with van der Waals surface area (Å²) in [5, 5.41) is 12.5. The van der Waals surface area contributed by atoms with E-state index in [4.69, 9.17) is 45.1 Å². The van der Waals surface area contributed by atoms with Crippen LogP contribution >= 0.6 is 34.8 Å². The minimum absolute atomic E-state index is 0.0774. The highest BCUT2D eigenvalue weighted by molar-refractivity contribution is 6.66. The minimum Gasteiger partial charge on any atom is -0.399 e. The smallest absolute Gasteiger partial charge is 0.294 e. The van der Waals surface area contributed by atoms with Gasteiger partial charge in [0, 0.05) is 41.0 Å². The molecule has 2 aromatic heterocycles. The van der Waals surface area contributed by atoms with Crippen molar-refractivity contribution in [1.29, 1.82) is 0 Å². The predicted molar refractivity (Wildman–Crippen MR) is 171 cm³/mol. The average molecular weight is 662 g/mol. The number of amides is 2. The Morgan fingerprint density at radius 2 is 1.73 bits per heavy atom. The average Bonchev–Trinajstić information content (AvgIpc) is 3.45. The lowest BCUT2D eigenvalue weighted by molar-refractivity contribution is -0.121. The Kier molecular flexibility index (Phi) is 10.2. The zero-order chi connectivity index (χ0) is 32.2. The molecule has 5 N–H and O–H groups in total. The van der Waals surface area contributed by atoms with Gasteiger partial charge in [0.25, 0.3) is 21.1 Å². The zero-order valence-corrected chi connectivity index (χ0v) is 26.6. The first-order chi connectivity index (χ1) is 20.7. The number of alkyl halides is 3. The standard InChI is InChI=1S/C29H31Cl3N8O4/c1-15(2)36-25-27(43)40(22(13-35-25)19-9-20(11-21(33)10-19)26(42)37-16(3)4)14-23(41)34-12-17-5-7-18(8-6-17)24-38-28(44-39-24)29(30,31)32/h5-11,13,15-16H,12,14,33H2,1-4H3,(H,34,41)(H,35,36)(H,37,42). The number of carbonyl (C=O) groups is 2. The van der Waals surface area contributed by atoms with Gasteiger partial charge in [-0.3, -0.25) is 19.0 Å². The molecule has 0 saturated heterocycles. The van der Waals surface area contributed by atoms with E-state index in [1.165, 1.54) is 10.8 Å². The summed E-state index contributed by atoms with van der Waals surface area (Å²) < 4.78 is 4.45. The van der Waals surface area contributed by atoms with Crippen molar-refractivity contribution >= 4 is 58.1 Å². The molecule has 0 atom stereocenters. The largest absolute Gasteiger partial charge is 0.399 e. The minimum atomic E-state index is -1.84. The Morgan fingerprint density at radius 3 is 2.34 bits per heavy atom. The fourth-order valence-electron chi connectivity index (χ4n) is 4.15. The van der Waals surface area contributed by atoms with Crippen molar-refractivity contribution in [2.75, 3.05) is 11.1 Å². The maximum atomic E-state index is 13.5. The number of hydrogen-bond donors (Lipinski definition) is 4. The predicted octanol–water partition coefficient (Wildman–Crippen LogP) is 4.64. The summed E-state index contributed by atoms with van der Waals surface area (Å²) in [6.07, 6.45) is 1.48. The zero-order valence-electron chi connectivity index (χ0n) is 24.3. The van der Waals surface area contributed by atoms with Crippen LogP contribution in [-0.2, 0) is 21.7 Å². The van der Waals surface area contributed by atoms with Crippen LogP contribution in [0.4, 0.5) is 11.5 Å². The second-order valence-electron chi connectivity index (χ2n) is 10.5. The number of rotatable bonds is 10. The Bertz CT molecular complexity index is 1710. The van der Waals surface area contributed by atoms with Crippen molar-refractivity contribution in [3.8, 4) is 22.6 Å². The number of aromatic nitrogens is 4. The maximum absolute atomic E-state index is 13.5. The van der Waals surface area contributed by atoms with Gasteiger partial charge in [-0.15, -0.1) is 0 Å². The van der Waals surface area contributed by atoms with Gasteiger partial charge in [0.05, 0.1) is 11.9 Å². The number of benzene rings is 2. The summed E-state index contributed by atoms with van der Waals surface area (Å²) >= 11 is 17.4. The lowest BCUT2D eigenvalue weighted by atomic mass is 10.1. The Hall–Kier alpha value is -4.13. The molecular formula is C29H31Cl3N8O4. The van der Waals surface area contributed by atoms with E-state index in [0.29, 0.717) is 28.1 Å². The molecule has 0 bridgehead atoms. The second-order valence-corrected chi connectivity index (χ2v) is 12.8. The van der Waals surface area contributed by atoms with Gasteiger partial charge in [-0.2, -0.15) is 4.98 Å². The topological polar surface area (TPSA) is 170 Å². The Balaban J connectivity index is 1.56. The van der Waals surface area contributed by atoms with Crippen molar-refractivity contribution in [2.24, 2.45) is 0 Å². The number of nitrogen functional groups attached to an aromatic ring is 1. The summed E-state index contributed by atoms with van der Waals surface area (Å²) in [6, 6.07) is 11.6. The van der Waals surface area contributed by atoms with Crippen LogP contribution in [-0.4, -0.2) is 43.6 Å². The highest BCUT2D eigenvalue weighted by atomic mass is 35.6. The third kappa shape index (κ3) is 8.28. The Labute approximate surface area is 268 Å². The molecule has 0 radical (unpaired) electrons. The summed E-state index contributed by atoms with van der Waals surface area (Å²) in [5.74, 6) is -0.565. The molecule has 0 aliphatic carbocycles. The molecule has 2 heterocycles. The number of halogens is 3. The highest BCUT2D eigenvalue weighted by Crippen LogP contribution is 2.37. The summed E-state index contributed by atoms with van der Waals surface area (Å²) in [5.41, 5.74) is 8.42. The normalized spacial score (nSPS) is 11.6. The third-order valence-electron chi connectivity index (χ3n) is 6.08. The molecular weight excluding hydrogens is 631 g/mol. The number of carbonyl (C=O) groups excluding carboxylic acids is 2. The van der Waals surface area contributed by atoms with Crippen LogP contribution in [0.3, 0.4) is 0 Å². The number of nitrogens with two attached hydrogens (primary N) is 1. The second kappa shape index (κ2) is 13.7. The lowest BCUT2D eigenvalue weighted by Crippen LogP contribution is -2.35. The van der Waals surface area contributed by atoms with Crippen LogP contribution in [0.25, 0.3) is 22.6 Å². The van der Waals surface area contributed by atoms with Crippen LogP contribution in [0, 0.1) is 0 Å². The molecule has 232 valence electrons. The van der Waals surface area contributed by atoms with E-state index < -0.39 is 15.3 Å². The molecule has 0 unspecified atom stereocenters. The van der Waals surface area contributed by atoms with Crippen LogP contribution < -0.4 is 27.2 Å². The van der Waals surface area contributed by atoms with Gasteiger partial charge < -0.3 is 26.2 Å². The number of anilines is 2. The molecule has 0 fully saturated rings. The first-order valence-electron chi connectivity index (χ1n) is 13.6. The van der Waals surface area contributed by atoms with E-state index in [-0.39, 0.29) is 48.6 Å². The van der Waals surface area contributed by atoms with Crippen molar-refractivity contribution in [1.82, 2.24) is 30.3 Å². The molecule has 0 aliphatic heterocycles. The van der Waals surface area contributed by atoms with Crippen LogP contribution in [0.5, 0.6) is 0 Å². The molecule has 2 amide bonds. The highest BCUT2D eigenvalue weighted by Gasteiger charge is 2.30. The number of nitrogens with one attached hydrogen (secondary N) is 3. The molecule has 15 heteroatoms. The van der Waals surface area contributed by atoms with Crippen LogP contribution in [0.15, 0.2) is 58.0 Å². The van der Waals surface area contributed by atoms with Crippen LogP contribution in [0.2, 0.25) is 0 Å². The monoisotopic (exact) mass is 660 g/mol. The van der Waals surface area contributed by atoms with Gasteiger partial charge in [0.1, 0.15) is 6.54 Å². The Morgan fingerprint density at radius 1 is 1.02 bits per heavy atom. The van der Waals surface area contributed by atoms with Gasteiger partial charge in [-0.1, -0.05) is 64.2 Å². The van der Waals surface area contributed by atoms with Crippen molar-refractivity contribution in [3.63, 3.8) is 0 Å². The van der Waals surface area contributed by atoms with E-state index in [2.05, 4.69) is 31.1 Å². The van der Waals surface area contributed by atoms with Gasteiger partial charge >= 0.3 is 0 Å². The van der Waals surface area contributed by atoms with Crippen molar-refractivity contribution < 1.29 is 14.1 Å². The molecule has 2 aromatic carbocycles. The van der Waals surface area contributed by atoms with Crippen molar-refractivity contribution in [3.05, 3.63) is 76.0 Å². The third-order valence-corrected chi connectivity index (χ3v) is 6.57. The van der Waals surface area contributed by atoms with E-state index in [1.54, 1.807) is 42.5 Å².